The van der Waals surface area contributed by atoms with Gasteiger partial charge in [-0.3, -0.25) is 0 Å². The summed E-state index contributed by atoms with van der Waals surface area (Å²) in [7, 11) is 0. The van der Waals surface area contributed by atoms with E-state index in [1.165, 1.54) is 0 Å². The van der Waals surface area contributed by atoms with Gasteiger partial charge in [-0.1, -0.05) is 70.3 Å². The van der Waals surface area contributed by atoms with Crippen LogP contribution in [0, 0.1) is 0 Å². The van der Waals surface area contributed by atoms with Crippen LogP contribution in [0.5, 0.6) is 0 Å². The van der Waals surface area contributed by atoms with E-state index in [1.54, 1.807) is 0 Å². The molecular weight excluding hydrogens is 304 g/mol. The highest BCUT2D eigenvalue weighted by molar-refractivity contribution is 9.12. The van der Waals surface area contributed by atoms with Crippen LogP contribution < -0.4 is 0 Å². The predicted molar refractivity (Wildman–Crippen MR) is 72.7 cm³/mol. The molecule has 2 heteroatoms. The minimum Gasteiger partial charge on any atom is -0.0912 e. The zero-order valence-electron chi connectivity index (χ0n) is 7.89. The molecular formula is C12H12Br2. The Morgan fingerprint density at radius 2 is 0.929 bits per heavy atom. The molecule has 0 radical (unpaired) electrons. The van der Waals surface area contributed by atoms with E-state index in [0.717, 1.165) is 20.1 Å². The molecule has 0 saturated heterocycles. The average Bonchev–Trinajstić information content (AvgIpc) is 2.09. The lowest BCUT2D eigenvalue weighted by Gasteiger charge is -1.97. The monoisotopic (exact) mass is 314 g/mol. The summed E-state index contributed by atoms with van der Waals surface area (Å²) in [4.78, 5) is 0. The summed E-state index contributed by atoms with van der Waals surface area (Å²) in [6.07, 6.45) is 7.34. The van der Waals surface area contributed by atoms with Gasteiger partial charge in [-0.2, -0.15) is 0 Å². The standard InChI is InChI=1S/C12H12Br2/c1-9(5-7-11(3)13)10(2)6-8-12(4)14/h5-8H,1-4H2/b7-5-,8-6-. The third kappa shape index (κ3) is 6.87. The van der Waals surface area contributed by atoms with Gasteiger partial charge in [0.05, 0.1) is 0 Å². The van der Waals surface area contributed by atoms with Crippen molar-refractivity contribution in [1.82, 2.24) is 0 Å². The van der Waals surface area contributed by atoms with E-state index in [2.05, 4.69) is 58.2 Å². The Labute approximate surface area is 102 Å². The highest BCUT2D eigenvalue weighted by atomic mass is 79.9. The molecule has 74 valence electrons. The lowest BCUT2D eigenvalue weighted by molar-refractivity contribution is 1.60. The summed E-state index contributed by atoms with van der Waals surface area (Å²) < 4.78 is 1.61. The predicted octanol–water partition coefficient (Wildman–Crippen LogP) is 5.03. The van der Waals surface area contributed by atoms with Crippen molar-refractivity contribution in [3.05, 3.63) is 70.7 Å². The normalized spacial score (nSPS) is 10.7. The number of rotatable bonds is 5. The maximum absolute atomic E-state index is 3.86. The van der Waals surface area contributed by atoms with Crippen LogP contribution in [0.2, 0.25) is 0 Å². The summed E-state index contributed by atoms with van der Waals surface area (Å²) in [5, 5.41) is 0. The van der Waals surface area contributed by atoms with Crippen LogP contribution in [0.1, 0.15) is 0 Å². The van der Waals surface area contributed by atoms with Gasteiger partial charge in [-0.05, 0) is 23.3 Å². The fraction of sp³-hybridized carbons (Fsp3) is 0. The molecule has 0 aliphatic carbocycles. The van der Waals surface area contributed by atoms with Crippen molar-refractivity contribution in [3.8, 4) is 0 Å². The van der Waals surface area contributed by atoms with E-state index >= 15 is 0 Å². The number of halogens is 2. The second-order valence-corrected chi connectivity index (χ2v) is 4.65. The summed E-state index contributed by atoms with van der Waals surface area (Å²) in [5.74, 6) is 0. The Hall–Kier alpha value is -0.600. The molecule has 0 aromatic heterocycles. The quantitative estimate of drug-likeness (QED) is 0.624. The highest BCUT2D eigenvalue weighted by Crippen LogP contribution is 2.13. The van der Waals surface area contributed by atoms with Gasteiger partial charge in [-0.15, -0.1) is 0 Å². The maximum Gasteiger partial charge on any atom is 0.0103 e. The van der Waals surface area contributed by atoms with E-state index in [1.807, 2.05) is 24.3 Å². The molecule has 0 amide bonds. The molecule has 0 heterocycles. The minimum absolute atomic E-state index is 0.806. The maximum atomic E-state index is 3.86. The smallest absolute Gasteiger partial charge is 0.0103 e. The first-order chi connectivity index (χ1) is 6.43. The summed E-state index contributed by atoms with van der Waals surface area (Å²) in [6, 6.07) is 0. The van der Waals surface area contributed by atoms with Gasteiger partial charge in [0, 0.05) is 8.96 Å². The number of hydrogen-bond donors (Lipinski definition) is 0. The van der Waals surface area contributed by atoms with Crippen LogP contribution in [-0.2, 0) is 0 Å². The van der Waals surface area contributed by atoms with Crippen molar-refractivity contribution in [2.24, 2.45) is 0 Å². The van der Waals surface area contributed by atoms with Crippen molar-refractivity contribution < 1.29 is 0 Å². The molecule has 0 unspecified atom stereocenters. The molecule has 0 aromatic rings. The molecule has 14 heavy (non-hydrogen) atoms. The van der Waals surface area contributed by atoms with Gasteiger partial charge >= 0.3 is 0 Å². The van der Waals surface area contributed by atoms with E-state index in [0.29, 0.717) is 0 Å². The molecule has 0 rings (SSSR count). The fourth-order valence-corrected chi connectivity index (χ4v) is 0.860. The van der Waals surface area contributed by atoms with Crippen molar-refractivity contribution in [2.75, 3.05) is 0 Å². The second kappa shape index (κ2) is 6.80. The van der Waals surface area contributed by atoms with Gasteiger partial charge < -0.3 is 0 Å². The molecule has 0 bridgehead atoms. The SMILES string of the molecule is C=C(Br)/C=C\C(=C)C(=C)/C=C\C(=C)Br. The Balaban J connectivity index is 4.35. The largest absolute Gasteiger partial charge is 0.0912 e. The van der Waals surface area contributed by atoms with Gasteiger partial charge in [0.15, 0.2) is 0 Å². The first kappa shape index (κ1) is 13.4. The number of allylic oxidation sites excluding steroid dienone is 8. The Kier molecular flexibility index (Phi) is 6.50. The molecule has 0 N–H and O–H groups in total. The topological polar surface area (TPSA) is 0 Å². The molecule has 0 nitrogen and oxygen atoms in total. The Bertz CT molecular complexity index is 296. The average molecular weight is 316 g/mol. The van der Waals surface area contributed by atoms with Crippen molar-refractivity contribution in [1.29, 1.82) is 0 Å². The minimum atomic E-state index is 0.806. The molecule has 0 saturated carbocycles. The van der Waals surface area contributed by atoms with E-state index in [9.17, 15) is 0 Å². The summed E-state index contributed by atoms with van der Waals surface area (Å²) in [6.45, 7) is 15.1. The van der Waals surface area contributed by atoms with Crippen LogP contribution in [-0.4, -0.2) is 0 Å². The van der Waals surface area contributed by atoms with Gasteiger partial charge in [0.2, 0.25) is 0 Å². The van der Waals surface area contributed by atoms with Crippen LogP contribution in [0.25, 0.3) is 0 Å². The van der Waals surface area contributed by atoms with Crippen molar-refractivity contribution in [3.63, 3.8) is 0 Å². The second-order valence-electron chi connectivity index (χ2n) is 2.61. The van der Waals surface area contributed by atoms with Crippen molar-refractivity contribution >= 4 is 31.9 Å². The first-order valence-corrected chi connectivity index (χ1v) is 5.45. The highest BCUT2D eigenvalue weighted by Gasteiger charge is 1.91. The van der Waals surface area contributed by atoms with Crippen LogP contribution in [0.3, 0.4) is 0 Å². The summed E-state index contributed by atoms with van der Waals surface area (Å²) in [5.41, 5.74) is 1.69. The van der Waals surface area contributed by atoms with E-state index < -0.39 is 0 Å². The van der Waals surface area contributed by atoms with Crippen molar-refractivity contribution in [2.45, 2.75) is 0 Å². The fourth-order valence-electron chi connectivity index (χ4n) is 0.596. The lowest BCUT2D eigenvalue weighted by Crippen LogP contribution is -1.77. The molecule has 0 spiro atoms. The van der Waals surface area contributed by atoms with Gasteiger partial charge in [-0.25, -0.2) is 0 Å². The lowest BCUT2D eigenvalue weighted by atomic mass is 10.1. The Morgan fingerprint density at radius 3 is 1.14 bits per heavy atom. The molecule has 0 aliphatic rings. The van der Waals surface area contributed by atoms with Crippen LogP contribution in [0.15, 0.2) is 70.7 Å². The molecule has 0 aromatic carbocycles. The third-order valence-corrected chi connectivity index (χ3v) is 1.87. The zero-order valence-corrected chi connectivity index (χ0v) is 11.1. The van der Waals surface area contributed by atoms with E-state index in [4.69, 9.17) is 0 Å². The third-order valence-electron chi connectivity index (χ3n) is 1.34. The summed E-state index contributed by atoms with van der Waals surface area (Å²) >= 11 is 6.45. The Morgan fingerprint density at radius 1 is 0.643 bits per heavy atom. The van der Waals surface area contributed by atoms with Crippen LogP contribution in [0.4, 0.5) is 0 Å². The van der Waals surface area contributed by atoms with E-state index in [-0.39, 0.29) is 0 Å². The van der Waals surface area contributed by atoms with Gasteiger partial charge in [0.25, 0.3) is 0 Å². The van der Waals surface area contributed by atoms with Gasteiger partial charge in [0.1, 0.15) is 0 Å². The number of hydrogen-bond acceptors (Lipinski definition) is 0. The zero-order chi connectivity index (χ0) is 11.1. The van der Waals surface area contributed by atoms with Crippen LogP contribution >= 0.6 is 31.9 Å². The molecule has 0 aliphatic heterocycles. The molecule has 0 atom stereocenters. The molecule has 0 fully saturated rings. The first-order valence-electron chi connectivity index (χ1n) is 3.86.